The number of nitro benzene ring substituents is 1. The number of ketones is 1. The van der Waals surface area contributed by atoms with Crippen LogP contribution in [0.4, 0.5) is 5.69 Å². The van der Waals surface area contributed by atoms with Crippen LogP contribution in [0, 0.1) is 17.0 Å². The lowest BCUT2D eigenvalue weighted by Crippen LogP contribution is -2.33. The van der Waals surface area contributed by atoms with Gasteiger partial charge in [-0.05, 0) is 12.5 Å². The van der Waals surface area contributed by atoms with Crippen LogP contribution in [0.5, 0.6) is 0 Å². The molecule has 162 valence electrons. The van der Waals surface area contributed by atoms with Crippen molar-refractivity contribution in [2.45, 2.75) is 13.0 Å². The van der Waals surface area contributed by atoms with Crippen molar-refractivity contribution in [2.24, 2.45) is 0 Å². The van der Waals surface area contributed by atoms with Crippen LogP contribution in [0.2, 0.25) is 0 Å². The van der Waals surface area contributed by atoms with E-state index in [-0.39, 0.29) is 43.2 Å². The molecular formula is C22H22N2O7. The molecule has 9 heteroatoms. The average molecular weight is 426 g/mol. The molecule has 0 saturated carbocycles. The molecular weight excluding hydrogens is 404 g/mol. The molecule has 2 aromatic rings. The number of nitro groups is 1. The van der Waals surface area contributed by atoms with Crippen molar-refractivity contribution in [3.63, 3.8) is 0 Å². The molecule has 1 saturated heterocycles. The Hall–Kier alpha value is -3.56. The van der Waals surface area contributed by atoms with Crippen LogP contribution in [0.3, 0.4) is 0 Å². The Morgan fingerprint density at radius 2 is 1.87 bits per heavy atom. The zero-order valence-corrected chi connectivity index (χ0v) is 16.9. The summed E-state index contributed by atoms with van der Waals surface area (Å²) < 4.78 is 5.25. The summed E-state index contributed by atoms with van der Waals surface area (Å²) in [5.74, 6) is -2.16. The minimum atomic E-state index is -0.878. The van der Waals surface area contributed by atoms with Crippen LogP contribution >= 0.6 is 0 Å². The highest BCUT2D eigenvalue weighted by Crippen LogP contribution is 2.39. The molecule has 0 radical (unpaired) electrons. The van der Waals surface area contributed by atoms with Gasteiger partial charge in [-0.2, -0.15) is 0 Å². The third-order valence-electron chi connectivity index (χ3n) is 4.98. The van der Waals surface area contributed by atoms with E-state index < -0.39 is 28.4 Å². The van der Waals surface area contributed by atoms with Gasteiger partial charge in [-0.1, -0.05) is 42.0 Å². The van der Waals surface area contributed by atoms with Gasteiger partial charge in [0.1, 0.15) is 5.76 Å². The summed E-state index contributed by atoms with van der Waals surface area (Å²) >= 11 is 0. The Morgan fingerprint density at radius 1 is 1.16 bits per heavy atom. The highest BCUT2D eigenvalue weighted by molar-refractivity contribution is 6.46. The van der Waals surface area contributed by atoms with Gasteiger partial charge in [0, 0.05) is 24.2 Å². The first-order valence-electron chi connectivity index (χ1n) is 9.63. The Balaban J connectivity index is 2.09. The van der Waals surface area contributed by atoms with Gasteiger partial charge < -0.3 is 19.8 Å². The number of Topliss-reactive ketones (excluding diaryl/α,β-unsaturated/α-hetero) is 1. The highest BCUT2D eigenvalue weighted by atomic mass is 16.6. The van der Waals surface area contributed by atoms with E-state index in [1.54, 1.807) is 12.1 Å². The number of nitrogens with zero attached hydrogens (tertiary/aromatic N) is 2. The Labute approximate surface area is 178 Å². The maximum Gasteiger partial charge on any atom is 0.295 e. The number of benzene rings is 2. The molecule has 0 unspecified atom stereocenters. The van der Waals surface area contributed by atoms with E-state index in [1.807, 2.05) is 19.1 Å². The maximum atomic E-state index is 12.9. The number of non-ortho nitro benzene ring substituents is 1. The molecule has 0 spiro atoms. The van der Waals surface area contributed by atoms with Crippen LogP contribution in [0.15, 0.2) is 54.1 Å². The predicted octanol–water partition coefficient (Wildman–Crippen LogP) is 2.33. The number of carbonyl (C=O) groups is 2. The summed E-state index contributed by atoms with van der Waals surface area (Å²) in [6.45, 7) is 1.97. The third-order valence-corrected chi connectivity index (χ3v) is 4.98. The van der Waals surface area contributed by atoms with E-state index in [1.165, 1.54) is 23.1 Å². The van der Waals surface area contributed by atoms with Gasteiger partial charge in [0.15, 0.2) is 0 Å². The fraction of sp³-hybridized carbons (Fsp3) is 0.273. The molecule has 3 rings (SSSR count). The van der Waals surface area contributed by atoms with Crippen LogP contribution in [-0.4, -0.2) is 58.1 Å². The van der Waals surface area contributed by atoms with Crippen LogP contribution in [-0.2, 0) is 14.3 Å². The molecule has 9 nitrogen and oxygen atoms in total. The molecule has 31 heavy (non-hydrogen) atoms. The second-order valence-electron chi connectivity index (χ2n) is 7.05. The van der Waals surface area contributed by atoms with Gasteiger partial charge in [-0.15, -0.1) is 0 Å². The normalized spacial score (nSPS) is 17.9. The monoisotopic (exact) mass is 426 g/mol. The Kier molecular flexibility index (Phi) is 6.78. The number of ether oxygens (including phenoxy) is 1. The molecule has 1 fully saturated rings. The summed E-state index contributed by atoms with van der Waals surface area (Å²) in [5, 5.41) is 30.9. The van der Waals surface area contributed by atoms with E-state index in [9.17, 15) is 24.8 Å². The molecule has 1 aliphatic heterocycles. The van der Waals surface area contributed by atoms with Gasteiger partial charge in [0.25, 0.3) is 17.4 Å². The van der Waals surface area contributed by atoms with Gasteiger partial charge in [-0.3, -0.25) is 19.7 Å². The maximum absolute atomic E-state index is 12.9. The molecule has 1 heterocycles. The fourth-order valence-electron chi connectivity index (χ4n) is 3.46. The standard InChI is InChI=1S/C22H22N2O7/c1-14-5-7-15(8-6-14)19-18(20(26)16-3-2-4-17(13-16)24(29)30)21(27)22(28)23(19)9-11-31-12-10-25/h2-8,13,19,25-26H,9-12H2,1H3/t19-/m1/s1. The number of hydrogen-bond donors (Lipinski definition) is 2. The Morgan fingerprint density at radius 3 is 2.52 bits per heavy atom. The fourth-order valence-corrected chi connectivity index (χ4v) is 3.46. The first-order chi connectivity index (χ1) is 14.8. The number of rotatable bonds is 8. The van der Waals surface area contributed by atoms with Gasteiger partial charge >= 0.3 is 0 Å². The Bertz CT molecular complexity index is 1030. The van der Waals surface area contributed by atoms with E-state index >= 15 is 0 Å². The summed E-state index contributed by atoms with van der Waals surface area (Å²) in [6.07, 6.45) is 0. The van der Waals surface area contributed by atoms with Crippen molar-refractivity contribution in [1.29, 1.82) is 0 Å². The average Bonchev–Trinajstić information content (AvgIpc) is 3.01. The largest absolute Gasteiger partial charge is 0.507 e. The van der Waals surface area contributed by atoms with E-state index in [4.69, 9.17) is 9.84 Å². The van der Waals surface area contributed by atoms with E-state index in [0.717, 1.165) is 11.6 Å². The first-order valence-corrected chi connectivity index (χ1v) is 9.63. The zero-order valence-electron chi connectivity index (χ0n) is 16.9. The summed E-state index contributed by atoms with van der Waals surface area (Å²) in [5.41, 5.74) is 1.27. The van der Waals surface area contributed by atoms with Gasteiger partial charge in [-0.25, -0.2) is 0 Å². The lowest BCUT2D eigenvalue weighted by Gasteiger charge is -2.25. The number of amides is 1. The van der Waals surface area contributed by atoms with Crippen molar-refractivity contribution >= 4 is 23.1 Å². The number of aliphatic hydroxyl groups excluding tert-OH is 2. The zero-order chi connectivity index (χ0) is 22.5. The molecule has 1 amide bonds. The SMILES string of the molecule is Cc1ccc([C@@H]2C(=C(O)c3cccc([N+](=O)[O-])c3)C(=O)C(=O)N2CCOCCO)cc1. The van der Waals surface area contributed by atoms with E-state index in [2.05, 4.69) is 0 Å². The summed E-state index contributed by atoms with van der Waals surface area (Å²) in [4.78, 5) is 37.4. The van der Waals surface area contributed by atoms with Gasteiger partial charge in [0.2, 0.25) is 0 Å². The molecule has 2 N–H and O–H groups in total. The second-order valence-corrected chi connectivity index (χ2v) is 7.05. The molecule has 1 aliphatic rings. The smallest absolute Gasteiger partial charge is 0.295 e. The minimum Gasteiger partial charge on any atom is -0.507 e. The van der Waals surface area contributed by atoms with Crippen molar-refractivity contribution in [2.75, 3.05) is 26.4 Å². The molecule has 0 aliphatic carbocycles. The predicted molar refractivity (Wildman–Crippen MR) is 111 cm³/mol. The van der Waals surface area contributed by atoms with Crippen LogP contribution < -0.4 is 0 Å². The topological polar surface area (TPSA) is 130 Å². The van der Waals surface area contributed by atoms with Crippen molar-refractivity contribution in [3.8, 4) is 0 Å². The quantitative estimate of drug-likeness (QED) is 0.165. The lowest BCUT2D eigenvalue weighted by atomic mass is 9.94. The number of hydrogen-bond acceptors (Lipinski definition) is 7. The van der Waals surface area contributed by atoms with Crippen LogP contribution in [0.1, 0.15) is 22.7 Å². The first kappa shape index (κ1) is 22.1. The highest BCUT2D eigenvalue weighted by Gasteiger charge is 2.45. The minimum absolute atomic E-state index is 0.0643. The second kappa shape index (κ2) is 9.50. The van der Waals surface area contributed by atoms with Crippen molar-refractivity contribution in [1.82, 2.24) is 4.90 Å². The summed E-state index contributed by atoms with van der Waals surface area (Å²) in [7, 11) is 0. The van der Waals surface area contributed by atoms with E-state index in [0.29, 0.717) is 5.56 Å². The molecule has 0 aromatic heterocycles. The molecule has 2 aromatic carbocycles. The number of carbonyl (C=O) groups excluding carboxylic acids is 2. The summed E-state index contributed by atoms with van der Waals surface area (Å²) in [6, 6.07) is 11.5. The molecule has 0 bridgehead atoms. The lowest BCUT2D eigenvalue weighted by molar-refractivity contribution is -0.384. The number of aliphatic hydroxyl groups is 2. The number of likely N-dealkylation sites (tertiary alicyclic amines) is 1. The van der Waals surface area contributed by atoms with Crippen LogP contribution in [0.25, 0.3) is 5.76 Å². The van der Waals surface area contributed by atoms with Gasteiger partial charge in [0.05, 0.1) is 36.4 Å². The molecule has 1 atom stereocenters. The third kappa shape index (κ3) is 4.62. The van der Waals surface area contributed by atoms with Crippen molar-refractivity contribution in [3.05, 3.63) is 80.9 Å². The number of aryl methyl sites for hydroxylation is 1. The van der Waals surface area contributed by atoms with Crippen molar-refractivity contribution < 1.29 is 29.5 Å².